The van der Waals surface area contributed by atoms with Crippen LogP contribution in [-0.2, 0) is 16.0 Å². The Balaban J connectivity index is 2.76. The van der Waals surface area contributed by atoms with Crippen molar-refractivity contribution in [1.82, 2.24) is 5.32 Å². The second kappa shape index (κ2) is 6.64. The van der Waals surface area contributed by atoms with E-state index in [4.69, 9.17) is 9.84 Å². The molecule has 18 heavy (non-hydrogen) atoms. The smallest absolute Gasteiger partial charge is 0.326 e. The number of benzene rings is 1. The van der Waals surface area contributed by atoms with Gasteiger partial charge in [0.05, 0.1) is 6.61 Å². The molecule has 0 bridgehead atoms. The van der Waals surface area contributed by atoms with Crippen molar-refractivity contribution >= 4 is 11.9 Å². The minimum atomic E-state index is -1.05. The van der Waals surface area contributed by atoms with Crippen LogP contribution in [0.5, 0.6) is 5.75 Å². The summed E-state index contributed by atoms with van der Waals surface area (Å²) in [5.74, 6) is -0.711. The first kappa shape index (κ1) is 14.0. The summed E-state index contributed by atoms with van der Waals surface area (Å²) in [5, 5.41) is 11.4. The van der Waals surface area contributed by atoms with Crippen LogP contribution in [0.3, 0.4) is 0 Å². The summed E-state index contributed by atoms with van der Waals surface area (Å²) in [7, 11) is 0. The van der Waals surface area contributed by atoms with Crippen LogP contribution in [0.25, 0.3) is 0 Å². The number of aliphatic carboxylic acids is 1. The summed E-state index contributed by atoms with van der Waals surface area (Å²) < 4.78 is 5.33. The third kappa shape index (κ3) is 4.45. The van der Waals surface area contributed by atoms with Gasteiger partial charge in [-0.05, 0) is 24.6 Å². The second-order valence-electron chi connectivity index (χ2n) is 3.88. The number of carbonyl (C=O) groups excluding carboxylic acids is 1. The molecule has 5 heteroatoms. The van der Waals surface area contributed by atoms with E-state index < -0.39 is 12.0 Å². The Kier molecular flexibility index (Phi) is 5.17. The molecular weight excluding hydrogens is 234 g/mol. The maximum Gasteiger partial charge on any atom is 0.326 e. The number of amides is 1. The quantitative estimate of drug-likeness (QED) is 0.797. The first-order valence-corrected chi connectivity index (χ1v) is 5.74. The molecule has 0 spiro atoms. The fourth-order valence-electron chi connectivity index (χ4n) is 1.61. The molecule has 1 aromatic carbocycles. The lowest BCUT2D eigenvalue weighted by Crippen LogP contribution is -2.41. The van der Waals surface area contributed by atoms with E-state index in [2.05, 4.69) is 5.32 Å². The summed E-state index contributed by atoms with van der Waals surface area (Å²) in [6, 6.07) is 6.27. The first-order valence-electron chi connectivity index (χ1n) is 5.74. The van der Waals surface area contributed by atoms with Gasteiger partial charge in [0.1, 0.15) is 11.8 Å². The highest BCUT2D eigenvalue weighted by Crippen LogP contribution is 2.14. The van der Waals surface area contributed by atoms with Crippen molar-refractivity contribution in [2.24, 2.45) is 0 Å². The van der Waals surface area contributed by atoms with E-state index >= 15 is 0 Å². The standard InChI is InChI=1S/C13H17NO4/c1-3-18-11-6-4-5-10(7-11)8-12(13(16)17)14-9(2)15/h4-7,12H,3,8H2,1-2H3,(H,14,15)(H,16,17). The van der Waals surface area contributed by atoms with Gasteiger partial charge in [-0.2, -0.15) is 0 Å². The number of nitrogens with one attached hydrogen (secondary N) is 1. The minimum Gasteiger partial charge on any atom is -0.494 e. The predicted octanol–water partition coefficient (Wildman–Crippen LogP) is 1.22. The Labute approximate surface area is 106 Å². The van der Waals surface area contributed by atoms with E-state index in [1.165, 1.54) is 6.92 Å². The zero-order valence-electron chi connectivity index (χ0n) is 10.5. The number of hydrogen-bond acceptors (Lipinski definition) is 3. The molecule has 0 aromatic heterocycles. The molecule has 1 atom stereocenters. The van der Waals surface area contributed by atoms with Crippen molar-refractivity contribution in [2.45, 2.75) is 26.3 Å². The molecule has 0 aliphatic rings. The molecular formula is C13H17NO4. The highest BCUT2D eigenvalue weighted by molar-refractivity contribution is 5.82. The van der Waals surface area contributed by atoms with Crippen molar-refractivity contribution in [2.75, 3.05) is 6.61 Å². The molecule has 1 amide bonds. The largest absolute Gasteiger partial charge is 0.494 e. The number of carboxylic acids is 1. The summed E-state index contributed by atoms with van der Waals surface area (Å²) in [5.41, 5.74) is 0.808. The fraction of sp³-hybridized carbons (Fsp3) is 0.385. The molecule has 0 saturated carbocycles. The van der Waals surface area contributed by atoms with Crippen molar-refractivity contribution in [1.29, 1.82) is 0 Å². The number of rotatable bonds is 6. The Hall–Kier alpha value is -2.04. The average Bonchev–Trinajstić information content (AvgIpc) is 2.28. The minimum absolute atomic E-state index is 0.232. The van der Waals surface area contributed by atoms with Crippen LogP contribution in [0.4, 0.5) is 0 Å². The van der Waals surface area contributed by atoms with Gasteiger partial charge in [-0.3, -0.25) is 4.79 Å². The normalized spacial score (nSPS) is 11.7. The molecule has 1 aromatic rings. The molecule has 1 unspecified atom stereocenters. The lowest BCUT2D eigenvalue weighted by atomic mass is 10.1. The fourth-order valence-corrected chi connectivity index (χ4v) is 1.61. The molecule has 0 aliphatic carbocycles. The molecule has 0 fully saturated rings. The van der Waals surface area contributed by atoms with Crippen LogP contribution in [-0.4, -0.2) is 29.6 Å². The molecule has 0 saturated heterocycles. The highest BCUT2D eigenvalue weighted by atomic mass is 16.5. The lowest BCUT2D eigenvalue weighted by molar-refractivity contribution is -0.141. The van der Waals surface area contributed by atoms with Crippen molar-refractivity contribution in [3.05, 3.63) is 29.8 Å². The molecule has 0 heterocycles. The van der Waals surface area contributed by atoms with Crippen molar-refractivity contribution < 1.29 is 19.4 Å². The topological polar surface area (TPSA) is 75.6 Å². The maximum absolute atomic E-state index is 11.0. The van der Waals surface area contributed by atoms with E-state index in [-0.39, 0.29) is 12.3 Å². The Morgan fingerprint density at radius 2 is 2.17 bits per heavy atom. The van der Waals surface area contributed by atoms with Gasteiger partial charge in [-0.1, -0.05) is 12.1 Å². The third-order valence-corrected chi connectivity index (χ3v) is 2.32. The molecule has 98 valence electrons. The van der Waals surface area contributed by atoms with Crippen LogP contribution in [0.1, 0.15) is 19.4 Å². The van der Waals surface area contributed by atoms with Crippen molar-refractivity contribution in [3.8, 4) is 5.75 Å². The maximum atomic E-state index is 11.0. The number of carboxylic acid groups (broad SMARTS) is 1. The average molecular weight is 251 g/mol. The third-order valence-electron chi connectivity index (χ3n) is 2.32. The Bertz CT molecular complexity index is 431. The van der Waals surface area contributed by atoms with Gasteiger partial charge in [-0.25, -0.2) is 4.79 Å². The summed E-state index contributed by atoms with van der Waals surface area (Å²) in [6.45, 7) is 3.73. The van der Waals surface area contributed by atoms with Crippen LogP contribution < -0.4 is 10.1 Å². The van der Waals surface area contributed by atoms with E-state index in [0.717, 1.165) is 5.56 Å². The molecule has 1 rings (SSSR count). The van der Waals surface area contributed by atoms with Gasteiger partial charge in [0, 0.05) is 13.3 Å². The number of hydrogen-bond donors (Lipinski definition) is 2. The molecule has 0 radical (unpaired) electrons. The summed E-state index contributed by atoms with van der Waals surface area (Å²) in [6.07, 6.45) is 0.232. The van der Waals surface area contributed by atoms with E-state index in [9.17, 15) is 9.59 Å². The van der Waals surface area contributed by atoms with Crippen LogP contribution in [0.15, 0.2) is 24.3 Å². The number of carbonyl (C=O) groups is 2. The monoisotopic (exact) mass is 251 g/mol. The van der Waals surface area contributed by atoms with E-state index in [1.807, 2.05) is 6.92 Å². The predicted molar refractivity (Wildman–Crippen MR) is 66.6 cm³/mol. The highest BCUT2D eigenvalue weighted by Gasteiger charge is 2.18. The second-order valence-corrected chi connectivity index (χ2v) is 3.88. The Morgan fingerprint density at radius 1 is 1.44 bits per heavy atom. The van der Waals surface area contributed by atoms with Crippen molar-refractivity contribution in [3.63, 3.8) is 0 Å². The SMILES string of the molecule is CCOc1cccc(CC(NC(C)=O)C(=O)O)c1. The van der Waals surface area contributed by atoms with Crippen LogP contribution in [0.2, 0.25) is 0 Å². The van der Waals surface area contributed by atoms with Crippen LogP contribution in [0, 0.1) is 0 Å². The molecule has 5 nitrogen and oxygen atoms in total. The first-order chi connectivity index (χ1) is 8.52. The summed E-state index contributed by atoms with van der Waals surface area (Å²) in [4.78, 5) is 21.9. The van der Waals surface area contributed by atoms with Gasteiger partial charge >= 0.3 is 5.97 Å². The van der Waals surface area contributed by atoms with E-state index in [1.54, 1.807) is 24.3 Å². The summed E-state index contributed by atoms with van der Waals surface area (Å²) >= 11 is 0. The van der Waals surface area contributed by atoms with Gasteiger partial charge in [0.2, 0.25) is 5.91 Å². The van der Waals surface area contributed by atoms with Gasteiger partial charge in [-0.15, -0.1) is 0 Å². The van der Waals surface area contributed by atoms with E-state index in [0.29, 0.717) is 12.4 Å². The van der Waals surface area contributed by atoms with Gasteiger partial charge in [0.25, 0.3) is 0 Å². The van der Waals surface area contributed by atoms with Gasteiger partial charge in [0.15, 0.2) is 0 Å². The zero-order chi connectivity index (χ0) is 13.5. The van der Waals surface area contributed by atoms with Gasteiger partial charge < -0.3 is 15.2 Å². The lowest BCUT2D eigenvalue weighted by Gasteiger charge is -2.13. The van der Waals surface area contributed by atoms with Crippen LogP contribution >= 0.6 is 0 Å². The molecule has 0 aliphatic heterocycles. The zero-order valence-corrected chi connectivity index (χ0v) is 10.5. The number of ether oxygens (including phenoxy) is 1. The molecule has 2 N–H and O–H groups in total. The Morgan fingerprint density at radius 3 is 2.72 bits per heavy atom.